The van der Waals surface area contributed by atoms with E-state index < -0.39 is 0 Å². The number of ether oxygens (including phenoxy) is 2. The van der Waals surface area contributed by atoms with Crippen LogP contribution >= 0.6 is 0 Å². The number of hydrogen-bond acceptors (Lipinski definition) is 4. The molecule has 0 spiro atoms. The molecule has 1 fully saturated rings. The Labute approximate surface area is 119 Å². The molecule has 0 amide bonds. The van der Waals surface area contributed by atoms with Crippen molar-refractivity contribution in [1.82, 2.24) is 0 Å². The Balaban J connectivity index is 1.53. The zero-order valence-corrected chi connectivity index (χ0v) is 12.0. The lowest BCUT2D eigenvalue weighted by molar-refractivity contribution is -0.150. The highest BCUT2D eigenvalue weighted by molar-refractivity contribution is 5.86. The Hall–Kier alpha value is -1.58. The first-order valence-corrected chi connectivity index (χ1v) is 7.25. The minimum atomic E-state index is -0.365. The Morgan fingerprint density at radius 3 is 2.40 bits per heavy atom. The summed E-state index contributed by atoms with van der Waals surface area (Å²) < 4.78 is 10.3. The molecule has 2 bridgehead atoms. The maximum atomic E-state index is 11.9. The highest BCUT2D eigenvalue weighted by Crippen LogP contribution is 2.43. The average Bonchev–Trinajstić information content (AvgIpc) is 3.04. The van der Waals surface area contributed by atoms with Crippen molar-refractivity contribution < 1.29 is 19.1 Å². The summed E-state index contributed by atoms with van der Waals surface area (Å²) in [5.41, 5.74) is 0.403. The lowest BCUT2D eigenvalue weighted by Crippen LogP contribution is -2.22. The monoisotopic (exact) mass is 278 g/mol. The number of carbonyl (C=O) groups excluding carboxylic acids is 2. The molecule has 0 saturated heterocycles. The molecule has 3 atom stereocenters. The van der Waals surface area contributed by atoms with Gasteiger partial charge in [-0.3, -0.25) is 4.79 Å². The minimum Gasteiger partial charge on any atom is -0.465 e. The summed E-state index contributed by atoms with van der Waals surface area (Å²) in [7, 11) is 0. The van der Waals surface area contributed by atoms with Gasteiger partial charge in [0.2, 0.25) is 0 Å². The molecular formula is C16H22O4. The second-order valence-corrected chi connectivity index (χ2v) is 5.68. The second kappa shape index (κ2) is 6.73. The zero-order chi connectivity index (χ0) is 14.5. The van der Waals surface area contributed by atoms with E-state index in [0.29, 0.717) is 43.5 Å². The quantitative estimate of drug-likeness (QED) is 0.311. The van der Waals surface area contributed by atoms with Crippen LogP contribution < -0.4 is 0 Å². The SMILES string of the molecule is C=C(C)C(=O)OCCCCOC(=O)C1CC2C=CC1C2. The van der Waals surface area contributed by atoms with Crippen LogP contribution in [0, 0.1) is 17.8 Å². The number of allylic oxidation sites excluding steroid dienone is 2. The molecular weight excluding hydrogens is 256 g/mol. The topological polar surface area (TPSA) is 52.6 Å². The Bertz CT molecular complexity index is 424. The molecule has 0 aromatic rings. The molecule has 0 aromatic carbocycles. The van der Waals surface area contributed by atoms with Gasteiger partial charge in [-0.1, -0.05) is 18.7 Å². The first-order chi connectivity index (χ1) is 9.58. The van der Waals surface area contributed by atoms with Crippen molar-refractivity contribution in [2.45, 2.75) is 32.6 Å². The van der Waals surface area contributed by atoms with Crippen molar-refractivity contribution in [1.29, 1.82) is 0 Å². The molecule has 0 heterocycles. The minimum absolute atomic E-state index is 0.0613. The molecule has 110 valence electrons. The van der Waals surface area contributed by atoms with Crippen LogP contribution in [0.2, 0.25) is 0 Å². The van der Waals surface area contributed by atoms with E-state index in [0.717, 1.165) is 12.8 Å². The van der Waals surface area contributed by atoms with Gasteiger partial charge in [0.1, 0.15) is 0 Å². The fourth-order valence-corrected chi connectivity index (χ4v) is 2.82. The molecule has 2 aliphatic carbocycles. The molecule has 0 radical (unpaired) electrons. The van der Waals surface area contributed by atoms with Crippen LogP contribution in [0.4, 0.5) is 0 Å². The van der Waals surface area contributed by atoms with Crippen LogP contribution in [-0.2, 0) is 19.1 Å². The smallest absolute Gasteiger partial charge is 0.333 e. The summed E-state index contributed by atoms with van der Waals surface area (Å²) >= 11 is 0. The van der Waals surface area contributed by atoms with Crippen molar-refractivity contribution in [3.63, 3.8) is 0 Å². The largest absolute Gasteiger partial charge is 0.465 e. The highest BCUT2D eigenvalue weighted by atomic mass is 16.5. The number of esters is 2. The van der Waals surface area contributed by atoms with Crippen molar-refractivity contribution in [3.8, 4) is 0 Å². The second-order valence-electron chi connectivity index (χ2n) is 5.68. The highest BCUT2D eigenvalue weighted by Gasteiger charge is 2.40. The average molecular weight is 278 g/mol. The van der Waals surface area contributed by atoms with Gasteiger partial charge in [-0.15, -0.1) is 0 Å². The first-order valence-electron chi connectivity index (χ1n) is 7.25. The van der Waals surface area contributed by atoms with Crippen LogP contribution in [0.25, 0.3) is 0 Å². The van der Waals surface area contributed by atoms with Crippen LogP contribution in [-0.4, -0.2) is 25.2 Å². The van der Waals surface area contributed by atoms with Gasteiger partial charge in [-0.05, 0) is 44.4 Å². The third-order valence-corrected chi connectivity index (χ3v) is 3.95. The summed E-state index contributed by atoms with van der Waals surface area (Å²) in [5.74, 6) is 0.603. The van der Waals surface area contributed by atoms with Gasteiger partial charge in [0.15, 0.2) is 0 Å². The maximum Gasteiger partial charge on any atom is 0.333 e. The van der Waals surface area contributed by atoms with E-state index in [1.165, 1.54) is 0 Å². The zero-order valence-electron chi connectivity index (χ0n) is 12.0. The van der Waals surface area contributed by atoms with Crippen molar-refractivity contribution in [2.24, 2.45) is 17.8 Å². The van der Waals surface area contributed by atoms with E-state index >= 15 is 0 Å². The fourth-order valence-electron chi connectivity index (χ4n) is 2.82. The molecule has 0 aromatic heterocycles. The van der Waals surface area contributed by atoms with Gasteiger partial charge in [-0.25, -0.2) is 4.79 Å². The van der Waals surface area contributed by atoms with Gasteiger partial charge in [0, 0.05) is 5.57 Å². The summed E-state index contributed by atoms with van der Waals surface area (Å²) in [6.07, 6.45) is 7.82. The van der Waals surface area contributed by atoms with Crippen molar-refractivity contribution in [2.75, 3.05) is 13.2 Å². The van der Waals surface area contributed by atoms with Crippen molar-refractivity contribution >= 4 is 11.9 Å². The van der Waals surface area contributed by atoms with E-state index in [2.05, 4.69) is 18.7 Å². The Morgan fingerprint density at radius 1 is 1.15 bits per heavy atom. The summed E-state index contributed by atoms with van der Waals surface area (Å²) in [5, 5.41) is 0. The van der Waals surface area contributed by atoms with Crippen LogP contribution in [0.1, 0.15) is 32.6 Å². The van der Waals surface area contributed by atoms with Gasteiger partial charge in [0.25, 0.3) is 0 Å². The third-order valence-electron chi connectivity index (χ3n) is 3.95. The van der Waals surface area contributed by atoms with Gasteiger partial charge >= 0.3 is 11.9 Å². The van der Waals surface area contributed by atoms with Crippen molar-refractivity contribution in [3.05, 3.63) is 24.3 Å². The van der Waals surface area contributed by atoms with Gasteiger partial charge in [0.05, 0.1) is 19.1 Å². The predicted octanol–water partition coefficient (Wildman–Crippen LogP) is 2.64. The summed E-state index contributed by atoms with van der Waals surface area (Å²) in [6, 6.07) is 0. The molecule has 4 nitrogen and oxygen atoms in total. The van der Waals surface area contributed by atoms with E-state index in [1.807, 2.05) is 0 Å². The fraction of sp³-hybridized carbons (Fsp3) is 0.625. The molecule has 0 N–H and O–H groups in total. The summed E-state index contributed by atoms with van der Waals surface area (Å²) in [6.45, 7) is 5.88. The number of unbranched alkanes of at least 4 members (excludes halogenated alkanes) is 1. The molecule has 2 aliphatic rings. The van der Waals surface area contributed by atoms with Gasteiger partial charge in [-0.2, -0.15) is 0 Å². The Morgan fingerprint density at radius 2 is 1.85 bits per heavy atom. The van der Waals surface area contributed by atoms with Crippen LogP contribution in [0.5, 0.6) is 0 Å². The molecule has 1 saturated carbocycles. The van der Waals surface area contributed by atoms with E-state index in [4.69, 9.17) is 9.47 Å². The number of fused-ring (bicyclic) bond motifs is 2. The predicted molar refractivity (Wildman–Crippen MR) is 74.8 cm³/mol. The van der Waals surface area contributed by atoms with E-state index in [-0.39, 0.29) is 17.9 Å². The third kappa shape index (κ3) is 3.71. The lowest BCUT2D eigenvalue weighted by Gasteiger charge is -2.16. The number of rotatable bonds is 7. The molecule has 0 aliphatic heterocycles. The molecule has 3 unspecified atom stereocenters. The normalized spacial score (nSPS) is 26.6. The van der Waals surface area contributed by atoms with E-state index in [1.54, 1.807) is 6.92 Å². The molecule has 4 heteroatoms. The summed E-state index contributed by atoms with van der Waals surface area (Å²) in [4.78, 5) is 23.0. The molecule has 2 rings (SSSR count). The number of hydrogen-bond donors (Lipinski definition) is 0. The van der Waals surface area contributed by atoms with Crippen LogP contribution in [0.15, 0.2) is 24.3 Å². The van der Waals surface area contributed by atoms with Crippen LogP contribution in [0.3, 0.4) is 0 Å². The first kappa shape index (κ1) is 14.8. The Kier molecular flexibility index (Phi) is 4.99. The van der Waals surface area contributed by atoms with E-state index in [9.17, 15) is 9.59 Å². The maximum absolute atomic E-state index is 11.9. The van der Waals surface area contributed by atoms with Gasteiger partial charge < -0.3 is 9.47 Å². The number of carbonyl (C=O) groups is 2. The molecule has 20 heavy (non-hydrogen) atoms. The lowest BCUT2D eigenvalue weighted by atomic mass is 9.94. The standard InChI is InChI=1S/C16H22O4/c1-11(2)15(17)19-7-3-4-8-20-16(18)14-10-12-5-6-13(14)9-12/h5-6,12-14H,1,3-4,7-10H2,2H3.